The first-order valence-corrected chi connectivity index (χ1v) is 2.45. The third-order valence-electron chi connectivity index (χ3n) is 0. The number of carbonyl (C=O) groups is 1. The lowest BCUT2D eigenvalue weighted by Gasteiger charge is -1.53. The zero-order valence-electron chi connectivity index (χ0n) is 3.95. The van der Waals surface area contributed by atoms with Crippen LogP contribution in [0.1, 0.15) is 6.92 Å². The molecule has 2 N–H and O–H groups in total. The van der Waals surface area contributed by atoms with E-state index in [0.29, 0.717) is 0 Å². The Morgan fingerprint density at radius 2 is 1.71 bits per heavy atom. The van der Waals surface area contributed by atoms with Crippen molar-refractivity contribution in [2.75, 3.05) is 6.54 Å². The molecule has 0 spiro atoms. The van der Waals surface area contributed by atoms with Gasteiger partial charge in [0.2, 0.25) is 0 Å². The van der Waals surface area contributed by atoms with Gasteiger partial charge in [-0.3, -0.25) is 4.79 Å². The minimum Gasteiger partial charge on any atom is -0.331 e. The second-order valence-electron chi connectivity index (χ2n) is 0.634. The minimum atomic E-state index is -0.889. The minimum absolute atomic E-state index is 0.750. The van der Waals surface area contributed by atoms with Crippen molar-refractivity contribution in [3.8, 4) is 0 Å². The lowest BCUT2D eigenvalue weighted by Crippen LogP contribution is -1.87. The predicted octanol–water partition coefficient (Wildman–Crippen LogP) is 1.55. The maximum atomic E-state index is 8.98. The third-order valence-corrected chi connectivity index (χ3v) is 0. The van der Waals surface area contributed by atoms with Gasteiger partial charge < -0.3 is 5.73 Å². The van der Waals surface area contributed by atoms with Gasteiger partial charge in [0, 0.05) is 0 Å². The number of rotatable bonds is 0. The molecule has 0 rings (SSSR count). The molecular formula is C3H7Cl2NO. The predicted molar refractivity (Wildman–Crippen MR) is 31.8 cm³/mol. The van der Waals surface area contributed by atoms with Crippen LogP contribution in [0.2, 0.25) is 0 Å². The highest BCUT2D eigenvalue weighted by atomic mass is 35.5. The smallest absolute Gasteiger partial charge is 0.313 e. The first-order chi connectivity index (χ1) is 3.15. The van der Waals surface area contributed by atoms with Gasteiger partial charge in [0.15, 0.2) is 0 Å². The first-order valence-electron chi connectivity index (χ1n) is 1.70. The van der Waals surface area contributed by atoms with Gasteiger partial charge in [0.05, 0.1) is 0 Å². The Labute approximate surface area is 52.6 Å². The number of carbonyl (C=O) groups excluding carboxylic acids is 1. The van der Waals surface area contributed by atoms with Crippen molar-refractivity contribution >= 4 is 27.9 Å². The monoisotopic (exact) mass is 143 g/mol. The number of hydrogen-bond donors (Lipinski definition) is 1. The van der Waals surface area contributed by atoms with E-state index in [1.54, 1.807) is 0 Å². The average molecular weight is 144 g/mol. The molecule has 0 aliphatic heterocycles. The number of nitrogens with two attached hydrogens (primary N) is 1. The normalized spacial score (nSPS) is 6.29. The number of halogens is 2. The molecule has 2 nitrogen and oxygen atoms in total. The van der Waals surface area contributed by atoms with Crippen LogP contribution in [0.4, 0.5) is 4.79 Å². The molecule has 0 aliphatic carbocycles. The molecule has 0 aliphatic rings. The Bertz CT molecular complexity index is 44.2. The molecular weight excluding hydrogens is 137 g/mol. The third kappa shape index (κ3) is 2500. The Balaban J connectivity index is 0. The maximum absolute atomic E-state index is 8.98. The highest BCUT2D eigenvalue weighted by Gasteiger charge is 1.72. The maximum Gasteiger partial charge on any atom is 0.313 e. The molecule has 0 aromatic rings. The van der Waals surface area contributed by atoms with Crippen LogP contribution < -0.4 is 5.73 Å². The molecule has 0 heterocycles. The van der Waals surface area contributed by atoms with Gasteiger partial charge in [-0.2, -0.15) is 0 Å². The van der Waals surface area contributed by atoms with Crippen molar-refractivity contribution in [1.82, 2.24) is 0 Å². The van der Waals surface area contributed by atoms with Crippen molar-refractivity contribution in [3.05, 3.63) is 0 Å². The molecule has 0 amide bonds. The summed E-state index contributed by atoms with van der Waals surface area (Å²) in [5, 5.41) is 0. The van der Waals surface area contributed by atoms with Gasteiger partial charge >= 0.3 is 4.70 Å². The van der Waals surface area contributed by atoms with Crippen LogP contribution in [0, 0.1) is 0 Å². The van der Waals surface area contributed by atoms with Crippen molar-refractivity contribution in [2.24, 2.45) is 5.73 Å². The number of hydrogen-bond acceptors (Lipinski definition) is 2. The van der Waals surface area contributed by atoms with E-state index in [1.807, 2.05) is 6.92 Å². The van der Waals surface area contributed by atoms with Crippen LogP contribution in [-0.4, -0.2) is 11.2 Å². The largest absolute Gasteiger partial charge is 0.331 e. The summed E-state index contributed by atoms with van der Waals surface area (Å²) in [4.78, 5) is 8.98. The van der Waals surface area contributed by atoms with Gasteiger partial charge in [-0.15, -0.1) is 0 Å². The highest BCUT2D eigenvalue weighted by Crippen LogP contribution is 1.84. The Morgan fingerprint density at radius 3 is 1.71 bits per heavy atom. The molecule has 0 saturated carbocycles. The van der Waals surface area contributed by atoms with Gasteiger partial charge in [-0.25, -0.2) is 0 Å². The summed E-state index contributed by atoms with van der Waals surface area (Å²) in [6.07, 6.45) is 0. The molecule has 0 unspecified atom stereocenters. The second kappa shape index (κ2) is 9.51. The fourth-order valence-corrected chi connectivity index (χ4v) is 0. The van der Waals surface area contributed by atoms with Crippen molar-refractivity contribution < 1.29 is 4.79 Å². The molecule has 0 aromatic heterocycles. The van der Waals surface area contributed by atoms with E-state index in [2.05, 4.69) is 23.2 Å². The van der Waals surface area contributed by atoms with Gasteiger partial charge in [-0.1, -0.05) is 6.92 Å². The summed E-state index contributed by atoms with van der Waals surface area (Å²) in [5.41, 5.74) is 4.85. The van der Waals surface area contributed by atoms with Crippen LogP contribution in [0.5, 0.6) is 0 Å². The summed E-state index contributed by atoms with van der Waals surface area (Å²) in [7, 11) is 0. The standard InChI is InChI=1S/C2H7N.CCl2O/c1-2-3;2-1(3)4/h2-3H2,1H3;. The molecule has 0 saturated heterocycles. The Morgan fingerprint density at radius 1 is 1.71 bits per heavy atom. The van der Waals surface area contributed by atoms with E-state index >= 15 is 0 Å². The van der Waals surface area contributed by atoms with Gasteiger partial charge in [0.25, 0.3) is 0 Å². The quantitative estimate of drug-likeness (QED) is 0.524. The van der Waals surface area contributed by atoms with E-state index in [9.17, 15) is 0 Å². The fraction of sp³-hybridized carbons (Fsp3) is 0.667. The topological polar surface area (TPSA) is 43.1 Å². The second-order valence-corrected chi connectivity index (χ2v) is 1.51. The van der Waals surface area contributed by atoms with Crippen LogP contribution >= 0.6 is 23.2 Å². The van der Waals surface area contributed by atoms with E-state index in [-0.39, 0.29) is 0 Å². The Kier molecular flexibility index (Phi) is 13.9. The molecule has 0 fully saturated rings. The summed E-state index contributed by atoms with van der Waals surface area (Å²) in [6.45, 7) is 2.65. The van der Waals surface area contributed by atoms with Crippen molar-refractivity contribution in [2.45, 2.75) is 6.92 Å². The van der Waals surface area contributed by atoms with Gasteiger partial charge in [0.1, 0.15) is 0 Å². The molecule has 4 heteroatoms. The van der Waals surface area contributed by atoms with Crippen LogP contribution in [0.3, 0.4) is 0 Å². The average Bonchev–Trinajstić information content (AvgIpc) is 1.33. The van der Waals surface area contributed by atoms with E-state index in [0.717, 1.165) is 6.54 Å². The van der Waals surface area contributed by atoms with Crippen molar-refractivity contribution in [1.29, 1.82) is 0 Å². The molecule has 7 heavy (non-hydrogen) atoms. The lowest BCUT2D eigenvalue weighted by atomic mass is 10.8. The SMILES string of the molecule is CCN.O=C(Cl)Cl. The first kappa shape index (κ1) is 10.2. The summed E-state index contributed by atoms with van der Waals surface area (Å²) in [6, 6.07) is 0. The van der Waals surface area contributed by atoms with Gasteiger partial charge in [-0.05, 0) is 29.7 Å². The zero-order chi connectivity index (χ0) is 6.28. The summed E-state index contributed by atoms with van der Waals surface area (Å²) < 4.78 is -0.889. The van der Waals surface area contributed by atoms with Crippen LogP contribution in [0.15, 0.2) is 0 Å². The lowest BCUT2D eigenvalue weighted by molar-refractivity contribution is 0.275. The van der Waals surface area contributed by atoms with Crippen LogP contribution in [-0.2, 0) is 0 Å². The van der Waals surface area contributed by atoms with Crippen molar-refractivity contribution in [3.63, 3.8) is 0 Å². The molecule has 0 atom stereocenters. The highest BCUT2D eigenvalue weighted by molar-refractivity contribution is 6.93. The van der Waals surface area contributed by atoms with E-state index in [4.69, 9.17) is 10.5 Å². The molecule has 0 bridgehead atoms. The van der Waals surface area contributed by atoms with E-state index in [1.165, 1.54) is 0 Å². The molecule has 0 aromatic carbocycles. The summed E-state index contributed by atoms with van der Waals surface area (Å²) in [5.74, 6) is 0. The molecule has 0 radical (unpaired) electrons. The zero-order valence-corrected chi connectivity index (χ0v) is 5.46. The summed E-state index contributed by atoms with van der Waals surface area (Å²) >= 11 is 8.80. The fourth-order valence-electron chi connectivity index (χ4n) is 0. The van der Waals surface area contributed by atoms with E-state index < -0.39 is 4.70 Å². The molecule has 44 valence electrons. The van der Waals surface area contributed by atoms with Crippen LogP contribution in [0.25, 0.3) is 0 Å². The Hall–Kier alpha value is 0.210.